The third-order valence-electron chi connectivity index (χ3n) is 6.55. The Bertz CT molecular complexity index is 1150. The van der Waals surface area contributed by atoms with E-state index in [0.29, 0.717) is 30.5 Å². The van der Waals surface area contributed by atoms with Crippen molar-refractivity contribution in [2.45, 2.75) is 57.5 Å². The molecule has 1 unspecified atom stereocenters. The van der Waals surface area contributed by atoms with Crippen molar-refractivity contribution in [3.63, 3.8) is 0 Å². The molecule has 0 fully saturated rings. The highest BCUT2D eigenvalue weighted by Gasteiger charge is 2.51. The number of hydrogen-bond donors (Lipinski definition) is 2. The molecule has 1 aromatic carbocycles. The molecule has 1 aliphatic rings. The maximum atomic E-state index is 14.0. The van der Waals surface area contributed by atoms with E-state index in [0.717, 1.165) is 22.0 Å². The number of hydrogen-bond acceptors (Lipinski definition) is 3. The van der Waals surface area contributed by atoms with Crippen molar-refractivity contribution in [3.8, 4) is 0 Å². The van der Waals surface area contributed by atoms with Crippen LogP contribution in [0.4, 0.5) is 13.2 Å². The Morgan fingerprint density at radius 1 is 1.26 bits per heavy atom. The molecule has 3 N–H and O–H groups in total. The molecule has 0 saturated heterocycles. The number of H-pyrrole nitrogens is 1. The molecule has 0 spiro atoms. The van der Waals surface area contributed by atoms with Crippen molar-refractivity contribution in [3.05, 3.63) is 58.5 Å². The molecular weight excluding hydrogens is 405 g/mol. The Morgan fingerprint density at radius 3 is 2.68 bits per heavy atom. The van der Waals surface area contributed by atoms with Gasteiger partial charge in [-0.1, -0.05) is 19.1 Å². The monoisotopic (exact) mass is 430 g/mol. The van der Waals surface area contributed by atoms with Crippen LogP contribution < -0.4 is 5.73 Å². The number of fused-ring (bicyclic) bond motifs is 2. The smallest absolute Gasteiger partial charge is 0.369 e. The minimum absolute atomic E-state index is 0.0380. The second-order valence-corrected chi connectivity index (χ2v) is 8.94. The van der Waals surface area contributed by atoms with Gasteiger partial charge < -0.3 is 5.73 Å². The van der Waals surface area contributed by atoms with Crippen LogP contribution in [0.15, 0.2) is 30.5 Å². The number of nitrogens with two attached hydrogens (primary N) is 1. The SMILES string of the molecule is C[C@H](c1ccc2[nH]ncc2c1)c1cc2c(nc1C(C)(C)C(F)(F)F)CCC(C(N)=O)C2. The standard InChI is InChI=1S/C23H25F3N4O/c1-12(13-4-7-19-16(8-13)11-28-30-19)17-10-15-9-14(21(27)31)5-6-18(15)29-20(17)22(2,3)23(24,25)26/h4,7-8,10-12,14H,5-6,9H2,1-3H3,(H2,27,31)(H,28,30)/t12-,14?/m1/s1. The Morgan fingerprint density at radius 2 is 2.00 bits per heavy atom. The van der Waals surface area contributed by atoms with E-state index >= 15 is 0 Å². The van der Waals surface area contributed by atoms with Gasteiger partial charge in [-0.2, -0.15) is 18.3 Å². The fourth-order valence-corrected chi connectivity index (χ4v) is 4.30. The first-order valence-electron chi connectivity index (χ1n) is 10.3. The molecule has 2 heterocycles. The van der Waals surface area contributed by atoms with Gasteiger partial charge in [0, 0.05) is 22.9 Å². The van der Waals surface area contributed by atoms with Crippen LogP contribution in [0, 0.1) is 5.92 Å². The summed E-state index contributed by atoms with van der Waals surface area (Å²) in [6.07, 6.45) is -1.41. The largest absolute Gasteiger partial charge is 0.399 e. The van der Waals surface area contributed by atoms with Gasteiger partial charge in [-0.05, 0) is 61.9 Å². The molecule has 3 aromatic rings. The van der Waals surface area contributed by atoms with E-state index in [4.69, 9.17) is 5.73 Å². The number of aromatic nitrogens is 3. The number of alkyl halides is 3. The van der Waals surface area contributed by atoms with Crippen molar-refractivity contribution >= 4 is 16.8 Å². The highest BCUT2D eigenvalue weighted by atomic mass is 19.4. The molecule has 164 valence electrons. The number of aromatic amines is 1. The Kier molecular flexibility index (Phi) is 5.06. The first-order valence-corrected chi connectivity index (χ1v) is 10.3. The van der Waals surface area contributed by atoms with Gasteiger partial charge in [0.15, 0.2) is 0 Å². The van der Waals surface area contributed by atoms with E-state index in [-0.39, 0.29) is 23.4 Å². The molecular formula is C23H25F3N4O. The number of nitrogens with one attached hydrogen (secondary N) is 1. The summed E-state index contributed by atoms with van der Waals surface area (Å²) in [5, 5.41) is 7.79. The topological polar surface area (TPSA) is 84.7 Å². The van der Waals surface area contributed by atoms with Gasteiger partial charge in [-0.25, -0.2) is 0 Å². The average Bonchev–Trinajstić information content (AvgIpc) is 3.18. The first kappa shape index (κ1) is 21.3. The van der Waals surface area contributed by atoms with Gasteiger partial charge in [0.1, 0.15) is 5.41 Å². The maximum absolute atomic E-state index is 14.0. The van der Waals surface area contributed by atoms with Crippen molar-refractivity contribution in [2.24, 2.45) is 11.7 Å². The van der Waals surface area contributed by atoms with E-state index in [1.807, 2.05) is 31.2 Å². The second-order valence-electron chi connectivity index (χ2n) is 8.94. The van der Waals surface area contributed by atoms with Crippen LogP contribution in [-0.4, -0.2) is 27.3 Å². The molecule has 4 rings (SSSR count). The lowest BCUT2D eigenvalue weighted by atomic mass is 9.77. The fraction of sp³-hybridized carbons (Fsp3) is 0.435. The third kappa shape index (κ3) is 3.68. The number of pyridine rings is 1. The van der Waals surface area contributed by atoms with Crippen molar-refractivity contribution in [2.75, 3.05) is 0 Å². The van der Waals surface area contributed by atoms with Gasteiger partial charge in [0.05, 0.1) is 17.4 Å². The van der Waals surface area contributed by atoms with Crippen LogP contribution in [0.3, 0.4) is 0 Å². The lowest BCUT2D eigenvalue weighted by molar-refractivity contribution is -0.181. The molecule has 8 heteroatoms. The van der Waals surface area contributed by atoms with Crippen LogP contribution in [0.25, 0.3) is 10.9 Å². The van der Waals surface area contributed by atoms with Crippen LogP contribution in [0.5, 0.6) is 0 Å². The number of nitrogens with zero attached hydrogens (tertiary/aromatic N) is 2. The molecule has 1 aliphatic carbocycles. The minimum atomic E-state index is -4.46. The third-order valence-corrected chi connectivity index (χ3v) is 6.55. The lowest BCUT2D eigenvalue weighted by Gasteiger charge is -2.33. The summed E-state index contributed by atoms with van der Waals surface area (Å²) in [6, 6.07) is 7.50. The van der Waals surface area contributed by atoms with Gasteiger partial charge in [-0.15, -0.1) is 0 Å². The number of aryl methyl sites for hydroxylation is 1. The predicted octanol–water partition coefficient (Wildman–Crippen LogP) is 4.54. The van der Waals surface area contributed by atoms with Gasteiger partial charge in [0.25, 0.3) is 0 Å². The summed E-state index contributed by atoms with van der Waals surface area (Å²) in [4.78, 5) is 16.3. The van der Waals surface area contributed by atoms with Crippen molar-refractivity contribution < 1.29 is 18.0 Å². The number of halogens is 3. The lowest BCUT2D eigenvalue weighted by Crippen LogP contribution is -2.39. The molecule has 0 radical (unpaired) electrons. The fourth-order valence-electron chi connectivity index (χ4n) is 4.30. The van der Waals surface area contributed by atoms with E-state index < -0.39 is 11.6 Å². The van der Waals surface area contributed by atoms with Crippen molar-refractivity contribution in [1.29, 1.82) is 0 Å². The summed E-state index contributed by atoms with van der Waals surface area (Å²) >= 11 is 0. The normalized spacial score (nSPS) is 18.1. The summed E-state index contributed by atoms with van der Waals surface area (Å²) < 4.78 is 42.1. The van der Waals surface area contributed by atoms with E-state index in [2.05, 4.69) is 15.2 Å². The van der Waals surface area contributed by atoms with Crippen LogP contribution in [0.1, 0.15) is 61.2 Å². The van der Waals surface area contributed by atoms with E-state index in [1.54, 1.807) is 6.20 Å². The highest BCUT2D eigenvalue weighted by Crippen LogP contribution is 2.44. The van der Waals surface area contributed by atoms with Crippen molar-refractivity contribution in [1.82, 2.24) is 15.2 Å². The Balaban J connectivity index is 1.87. The maximum Gasteiger partial charge on any atom is 0.399 e. The number of primary amides is 1. The molecule has 0 saturated carbocycles. The molecule has 2 aromatic heterocycles. The summed E-state index contributed by atoms with van der Waals surface area (Å²) in [7, 11) is 0. The molecule has 0 bridgehead atoms. The summed E-state index contributed by atoms with van der Waals surface area (Å²) in [5.41, 5.74) is 7.11. The molecule has 0 aliphatic heterocycles. The zero-order valence-corrected chi connectivity index (χ0v) is 17.7. The number of rotatable bonds is 4. The van der Waals surface area contributed by atoms with Gasteiger partial charge in [0.2, 0.25) is 5.91 Å². The Hall–Kier alpha value is -2.90. The van der Waals surface area contributed by atoms with E-state index in [1.165, 1.54) is 13.8 Å². The average molecular weight is 430 g/mol. The van der Waals surface area contributed by atoms with Crippen LogP contribution in [0.2, 0.25) is 0 Å². The molecule has 2 atom stereocenters. The van der Waals surface area contributed by atoms with Gasteiger partial charge >= 0.3 is 6.18 Å². The molecule has 31 heavy (non-hydrogen) atoms. The number of carbonyl (C=O) groups excluding carboxylic acids is 1. The summed E-state index contributed by atoms with van der Waals surface area (Å²) in [6.45, 7) is 4.23. The Labute approximate surface area is 178 Å². The van der Waals surface area contributed by atoms with Crippen LogP contribution >= 0.6 is 0 Å². The second kappa shape index (κ2) is 7.35. The van der Waals surface area contributed by atoms with Gasteiger partial charge in [-0.3, -0.25) is 14.9 Å². The number of benzene rings is 1. The zero-order valence-electron chi connectivity index (χ0n) is 17.7. The van der Waals surface area contributed by atoms with E-state index in [9.17, 15) is 18.0 Å². The zero-order chi connectivity index (χ0) is 22.6. The highest BCUT2D eigenvalue weighted by molar-refractivity contribution is 5.79. The first-order chi connectivity index (χ1) is 14.5. The number of amides is 1. The minimum Gasteiger partial charge on any atom is -0.369 e. The predicted molar refractivity (Wildman–Crippen MR) is 112 cm³/mol. The summed E-state index contributed by atoms with van der Waals surface area (Å²) in [5.74, 6) is -1.03. The quantitative estimate of drug-likeness (QED) is 0.637. The molecule has 1 amide bonds. The van der Waals surface area contributed by atoms with Crippen LogP contribution in [-0.2, 0) is 23.1 Å². The number of carbonyl (C=O) groups is 1. The molecule has 5 nitrogen and oxygen atoms in total.